The van der Waals surface area contributed by atoms with Gasteiger partial charge < -0.3 is 14.5 Å². The molecule has 2 aromatic carbocycles. The van der Waals surface area contributed by atoms with Crippen LogP contribution in [0.4, 0.5) is 6.01 Å². The third-order valence-corrected chi connectivity index (χ3v) is 4.57. The van der Waals surface area contributed by atoms with E-state index in [2.05, 4.69) is 15.3 Å². The second-order valence-corrected chi connectivity index (χ2v) is 6.96. The van der Waals surface area contributed by atoms with Crippen LogP contribution in [-0.4, -0.2) is 15.8 Å². The van der Waals surface area contributed by atoms with Crippen molar-refractivity contribution in [2.75, 3.05) is 5.32 Å². The SMILES string of the molecule is CC(=O)Cc1cc(Oc2ccc3nc(NCc4ccccc4Cl)oc3c2)ccn1. The van der Waals surface area contributed by atoms with E-state index in [4.69, 9.17) is 20.8 Å². The summed E-state index contributed by atoms with van der Waals surface area (Å²) in [6.07, 6.45) is 1.90. The number of anilines is 1. The number of nitrogens with one attached hydrogen (secondary N) is 1. The lowest BCUT2D eigenvalue weighted by Gasteiger charge is -2.06. The zero-order valence-electron chi connectivity index (χ0n) is 15.7. The van der Waals surface area contributed by atoms with E-state index in [1.54, 1.807) is 24.4 Å². The fourth-order valence-electron chi connectivity index (χ4n) is 2.86. The van der Waals surface area contributed by atoms with Gasteiger partial charge in [-0.05, 0) is 36.8 Å². The molecular weight excluding hydrogens is 390 g/mol. The number of nitrogens with zero attached hydrogens (tertiary/aromatic N) is 2. The first kappa shape index (κ1) is 19.0. The number of ketones is 1. The summed E-state index contributed by atoms with van der Waals surface area (Å²) in [4.78, 5) is 19.9. The van der Waals surface area contributed by atoms with Gasteiger partial charge in [-0.1, -0.05) is 29.8 Å². The molecule has 0 aliphatic rings. The summed E-state index contributed by atoms with van der Waals surface area (Å²) in [6.45, 7) is 2.04. The number of ether oxygens (including phenoxy) is 1. The van der Waals surface area contributed by atoms with Crippen LogP contribution < -0.4 is 10.1 Å². The standard InChI is InChI=1S/C22H18ClN3O3/c1-14(27)10-16-11-18(8-9-24-16)28-17-6-7-20-21(12-17)29-22(26-20)25-13-15-4-2-3-5-19(15)23/h2-9,11-12H,10,13H2,1H3,(H,25,26). The molecule has 0 amide bonds. The number of hydrogen-bond donors (Lipinski definition) is 1. The molecule has 2 heterocycles. The maximum Gasteiger partial charge on any atom is 0.295 e. The van der Waals surface area contributed by atoms with E-state index in [0.29, 0.717) is 45.9 Å². The Balaban J connectivity index is 1.48. The molecule has 0 fully saturated rings. The van der Waals surface area contributed by atoms with Crippen LogP contribution in [0.2, 0.25) is 5.02 Å². The van der Waals surface area contributed by atoms with Crippen molar-refractivity contribution in [2.24, 2.45) is 0 Å². The van der Waals surface area contributed by atoms with Crippen molar-refractivity contribution in [3.63, 3.8) is 0 Å². The fourth-order valence-corrected chi connectivity index (χ4v) is 3.07. The van der Waals surface area contributed by atoms with Gasteiger partial charge in [0.1, 0.15) is 22.8 Å². The Kier molecular flexibility index (Phi) is 5.44. The lowest BCUT2D eigenvalue weighted by atomic mass is 10.2. The first-order valence-corrected chi connectivity index (χ1v) is 9.45. The molecule has 2 aromatic heterocycles. The van der Waals surface area contributed by atoms with Crippen LogP contribution in [-0.2, 0) is 17.8 Å². The van der Waals surface area contributed by atoms with Crippen molar-refractivity contribution in [3.8, 4) is 11.5 Å². The van der Waals surface area contributed by atoms with E-state index in [9.17, 15) is 4.79 Å². The molecular formula is C22H18ClN3O3. The summed E-state index contributed by atoms with van der Waals surface area (Å²) in [5, 5.41) is 3.83. The van der Waals surface area contributed by atoms with Crippen LogP contribution in [0.3, 0.4) is 0 Å². The third kappa shape index (κ3) is 4.73. The highest BCUT2D eigenvalue weighted by atomic mass is 35.5. The fraction of sp³-hybridized carbons (Fsp3) is 0.136. The molecule has 6 nitrogen and oxygen atoms in total. The summed E-state index contributed by atoms with van der Waals surface area (Å²) >= 11 is 6.18. The molecule has 0 radical (unpaired) electrons. The maximum absolute atomic E-state index is 11.3. The smallest absolute Gasteiger partial charge is 0.295 e. The Morgan fingerprint density at radius 2 is 1.97 bits per heavy atom. The van der Waals surface area contributed by atoms with Crippen LogP contribution in [0.1, 0.15) is 18.2 Å². The first-order chi connectivity index (χ1) is 14.1. The van der Waals surface area contributed by atoms with Gasteiger partial charge in [-0.15, -0.1) is 0 Å². The van der Waals surface area contributed by atoms with Gasteiger partial charge in [-0.25, -0.2) is 0 Å². The number of carbonyl (C=O) groups excluding carboxylic acids is 1. The number of oxazole rings is 1. The molecule has 0 saturated carbocycles. The van der Waals surface area contributed by atoms with E-state index in [1.807, 2.05) is 36.4 Å². The summed E-state index contributed by atoms with van der Waals surface area (Å²) < 4.78 is 11.7. The zero-order valence-corrected chi connectivity index (χ0v) is 16.4. The molecule has 0 aliphatic carbocycles. The van der Waals surface area contributed by atoms with E-state index < -0.39 is 0 Å². The molecule has 1 N–H and O–H groups in total. The van der Waals surface area contributed by atoms with Crippen LogP contribution in [0.25, 0.3) is 11.1 Å². The van der Waals surface area contributed by atoms with Crippen molar-refractivity contribution < 1.29 is 13.9 Å². The molecule has 7 heteroatoms. The van der Waals surface area contributed by atoms with Gasteiger partial charge >= 0.3 is 0 Å². The van der Waals surface area contributed by atoms with E-state index >= 15 is 0 Å². The molecule has 0 aliphatic heterocycles. The minimum Gasteiger partial charge on any atom is -0.457 e. The highest BCUT2D eigenvalue weighted by Gasteiger charge is 2.09. The van der Waals surface area contributed by atoms with Gasteiger partial charge in [0, 0.05) is 36.3 Å². The van der Waals surface area contributed by atoms with Crippen LogP contribution in [0.15, 0.2) is 65.2 Å². The van der Waals surface area contributed by atoms with Gasteiger partial charge in [0.25, 0.3) is 6.01 Å². The second kappa shape index (κ2) is 8.32. The van der Waals surface area contributed by atoms with Crippen LogP contribution >= 0.6 is 11.6 Å². The number of aromatic nitrogens is 2. The molecule has 4 aromatic rings. The molecule has 0 spiro atoms. The molecule has 0 unspecified atom stereocenters. The van der Waals surface area contributed by atoms with Gasteiger partial charge in [-0.2, -0.15) is 4.98 Å². The largest absolute Gasteiger partial charge is 0.457 e. The maximum atomic E-state index is 11.3. The number of benzene rings is 2. The molecule has 0 saturated heterocycles. The lowest BCUT2D eigenvalue weighted by molar-refractivity contribution is -0.116. The molecule has 29 heavy (non-hydrogen) atoms. The van der Waals surface area contributed by atoms with Crippen LogP contribution in [0, 0.1) is 0 Å². The van der Waals surface area contributed by atoms with Crippen LogP contribution in [0.5, 0.6) is 11.5 Å². The average Bonchev–Trinajstić information content (AvgIpc) is 3.09. The van der Waals surface area contributed by atoms with Crippen molar-refractivity contribution in [1.82, 2.24) is 9.97 Å². The number of pyridine rings is 1. The molecule has 146 valence electrons. The Morgan fingerprint density at radius 3 is 2.79 bits per heavy atom. The highest BCUT2D eigenvalue weighted by molar-refractivity contribution is 6.31. The molecule has 0 atom stereocenters. The second-order valence-electron chi connectivity index (χ2n) is 6.56. The summed E-state index contributed by atoms with van der Waals surface area (Å²) in [7, 11) is 0. The van der Waals surface area contributed by atoms with E-state index in [0.717, 1.165) is 5.56 Å². The Bertz CT molecular complexity index is 1170. The summed E-state index contributed by atoms with van der Waals surface area (Å²) in [5.41, 5.74) is 2.94. The summed E-state index contributed by atoms with van der Waals surface area (Å²) in [5.74, 6) is 1.26. The minimum absolute atomic E-state index is 0.0505. The van der Waals surface area contributed by atoms with E-state index in [1.165, 1.54) is 6.92 Å². The number of halogens is 1. The van der Waals surface area contributed by atoms with Gasteiger partial charge in [0.15, 0.2) is 5.58 Å². The predicted octanol–water partition coefficient (Wildman–Crippen LogP) is 5.41. The Morgan fingerprint density at radius 1 is 1.14 bits per heavy atom. The zero-order chi connectivity index (χ0) is 20.2. The van der Waals surface area contributed by atoms with Crippen molar-refractivity contribution in [3.05, 3.63) is 77.1 Å². The monoisotopic (exact) mass is 407 g/mol. The topological polar surface area (TPSA) is 77.2 Å². The number of fused-ring (bicyclic) bond motifs is 1. The third-order valence-electron chi connectivity index (χ3n) is 4.20. The quantitative estimate of drug-likeness (QED) is 0.441. The van der Waals surface area contributed by atoms with Gasteiger partial charge in [0.2, 0.25) is 0 Å². The average molecular weight is 408 g/mol. The highest BCUT2D eigenvalue weighted by Crippen LogP contribution is 2.28. The minimum atomic E-state index is 0.0505. The van der Waals surface area contributed by atoms with Crippen molar-refractivity contribution in [1.29, 1.82) is 0 Å². The van der Waals surface area contributed by atoms with Gasteiger partial charge in [-0.3, -0.25) is 9.78 Å². The number of rotatable bonds is 7. The molecule has 0 bridgehead atoms. The molecule has 4 rings (SSSR count). The van der Waals surface area contributed by atoms with Crippen molar-refractivity contribution in [2.45, 2.75) is 19.9 Å². The first-order valence-electron chi connectivity index (χ1n) is 9.07. The number of Topliss-reactive ketones (excluding diaryl/α,β-unsaturated/α-hetero) is 1. The predicted molar refractivity (Wildman–Crippen MR) is 111 cm³/mol. The van der Waals surface area contributed by atoms with Crippen molar-refractivity contribution >= 4 is 34.5 Å². The number of hydrogen-bond acceptors (Lipinski definition) is 6. The lowest BCUT2D eigenvalue weighted by Crippen LogP contribution is -1.99. The normalized spacial score (nSPS) is 10.8. The Hall–Kier alpha value is -3.38. The summed E-state index contributed by atoms with van der Waals surface area (Å²) in [6, 6.07) is 16.9. The van der Waals surface area contributed by atoms with E-state index in [-0.39, 0.29) is 12.2 Å². The van der Waals surface area contributed by atoms with Gasteiger partial charge in [0.05, 0.1) is 5.69 Å². The number of carbonyl (C=O) groups is 1. The Labute approximate surface area is 172 Å².